The average Bonchev–Trinajstić information content (AvgIpc) is 2.80. The zero-order chi connectivity index (χ0) is 11.4. The van der Waals surface area contributed by atoms with Crippen molar-refractivity contribution >= 4 is 23.4 Å². The standard InChI is InChI=1S/C12H15NO2S/c14-12(15)9-3-5-10(6-4-9)13-8-11-2-1-7-16-11/h3-6,11,13H,1-2,7-8H2,(H,14,15). The Morgan fingerprint density at radius 1 is 1.44 bits per heavy atom. The number of benzene rings is 1. The van der Waals surface area contributed by atoms with Crippen LogP contribution in [0.2, 0.25) is 0 Å². The predicted octanol–water partition coefficient (Wildman–Crippen LogP) is 2.69. The van der Waals surface area contributed by atoms with Crippen molar-refractivity contribution in [2.45, 2.75) is 18.1 Å². The monoisotopic (exact) mass is 237 g/mol. The first-order valence-corrected chi connectivity index (χ1v) is 6.49. The fourth-order valence-electron chi connectivity index (χ4n) is 1.77. The Bertz CT molecular complexity index is 358. The van der Waals surface area contributed by atoms with Gasteiger partial charge in [0.15, 0.2) is 0 Å². The summed E-state index contributed by atoms with van der Waals surface area (Å²) in [6.07, 6.45) is 2.60. The number of aromatic carboxylic acids is 1. The summed E-state index contributed by atoms with van der Waals surface area (Å²) in [6.45, 7) is 0.969. The van der Waals surface area contributed by atoms with Crippen LogP contribution in [0.1, 0.15) is 23.2 Å². The molecule has 2 rings (SSSR count). The number of hydrogen-bond donors (Lipinski definition) is 2. The first kappa shape index (κ1) is 11.3. The molecule has 2 N–H and O–H groups in total. The van der Waals surface area contributed by atoms with Crippen LogP contribution in [-0.4, -0.2) is 28.6 Å². The highest BCUT2D eigenvalue weighted by Crippen LogP contribution is 2.26. The van der Waals surface area contributed by atoms with Gasteiger partial charge in [0.05, 0.1) is 5.56 Å². The second kappa shape index (κ2) is 5.25. The van der Waals surface area contributed by atoms with Crippen LogP contribution in [0.3, 0.4) is 0 Å². The van der Waals surface area contributed by atoms with Crippen molar-refractivity contribution in [1.29, 1.82) is 0 Å². The SMILES string of the molecule is O=C(O)c1ccc(NCC2CCCS2)cc1. The summed E-state index contributed by atoms with van der Waals surface area (Å²) in [5, 5.41) is 12.8. The molecule has 1 aliphatic heterocycles. The Labute approximate surface area is 99.2 Å². The van der Waals surface area contributed by atoms with E-state index in [9.17, 15) is 4.79 Å². The van der Waals surface area contributed by atoms with Crippen molar-refractivity contribution in [2.24, 2.45) is 0 Å². The lowest BCUT2D eigenvalue weighted by atomic mass is 10.2. The highest BCUT2D eigenvalue weighted by atomic mass is 32.2. The summed E-state index contributed by atoms with van der Waals surface area (Å²) < 4.78 is 0. The van der Waals surface area contributed by atoms with Crippen molar-refractivity contribution in [1.82, 2.24) is 0 Å². The van der Waals surface area contributed by atoms with E-state index >= 15 is 0 Å². The molecule has 0 aliphatic carbocycles. The third kappa shape index (κ3) is 2.92. The molecule has 0 aromatic heterocycles. The molecule has 1 unspecified atom stereocenters. The van der Waals surface area contributed by atoms with E-state index in [0.717, 1.165) is 12.2 Å². The molecule has 1 aromatic rings. The van der Waals surface area contributed by atoms with E-state index in [2.05, 4.69) is 5.32 Å². The first-order valence-electron chi connectivity index (χ1n) is 5.44. The molecule has 1 fully saturated rings. The Hall–Kier alpha value is -1.16. The molecule has 1 atom stereocenters. The third-order valence-electron chi connectivity index (χ3n) is 2.69. The van der Waals surface area contributed by atoms with E-state index in [4.69, 9.17) is 5.11 Å². The van der Waals surface area contributed by atoms with E-state index in [-0.39, 0.29) is 0 Å². The van der Waals surface area contributed by atoms with Crippen LogP contribution in [0.4, 0.5) is 5.69 Å². The summed E-state index contributed by atoms with van der Waals surface area (Å²) in [7, 11) is 0. The average molecular weight is 237 g/mol. The number of nitrogens with one attached hydrogen (secondary N) is 1. The fourth-order valence-corrected chi connectivity index (χ4v) is 2.97. The second-order valence-electron chi connectivity index (χ2n) is 3.90. The molecule has 86 valence electrons. The maximum atomic E-state index is 10.7. The maximum absolute atomic E-state index is 10.7. The lowest BCUT2D eigenvalue weighted by molar-refractivity contribution is 0.0697. The molecule has 1 aromatic carbocycles. The van der Waals surface area contributed by atoms with Crippen molar-refractivity contribution in [2.75, 3.05) is 17.6 Å². The number of anilines is 1. The van der Waals surface area contributed by atoms with Gasteiger partial charge in [0.2, 0.25) is 0 Å². The Balaban J connectivity index is 1.87. The molecule has 3 nitrogen and oxygen atoms in total. The van der Waals surface area contributed by atoms with E-state index in [1.807, 2.05) is 23.9 Å². The quantitative estimate of drug-likeness (QED) is 0.845. The summed E-state index contributed by atoms with van der Waals surface area (Å²) in [5.41, 5.74) is 1.33. The Kier molecular flexibility index (Phi) is 3.72. The van der Waals surface area contributed by atoms with Gasteiger partial charge in [-0.1, -0.05) is 0 Å². The molecule has 1 aliphatic rings. The van der Waals surface area contributed by atoms with E-state index in [1.165, 1.54) is 18.6 Å². The van der Waals surface area contributed by atoms with Gasteiger partial charge in [-0.05, 0) is 42.9 Å². The maximum Gasteiger partial charge on any atom is 0.335 e. The molecule has 1 heterocycles. The van der Waals surface area contributed by atoms with Gasteiger partial charge < -0.3 is 10.4 Å². The van der Waals surface area contributed by atoms with Gasteiger partial charge in [0, 0.05) is 17.5 Å². The summed E-state index contributed by atoms with van der Waals surface area (Å²) in [4.78, 5) is 10.7. The van der Waals surface area contributed by atoms with Gasteiger partial charge in [0.1, 0.15) is 0 Å². The zero-order valence-electron chi connectivity index (χ0n) is 8.98. The van der Waals surface area contributed by atoms with E-state index < -0.39 is 5.97 Å². The molecular weight excluding hydrogens is 222 g/mol. The molecule has 0 radical (unpaired) electrons. The van der Waals surface area contributed by atoms with Crippen LogP contribution in [0.25, 0.3) is 0 Å². The topological polar surface area (TPSA) is 49.3 Å². The van der Waals surface area contributed by atoms with Gasteiger partial charge in [-0.15, -0.1) is 0 Å². The summed E-state index contributed by atoms with van der Waals surface area (Å²) >= 11 is 2.01. The molecule has 16 heavy (non-hydrogen) atoms. The lowest BCUT2D eigenvalue weighted by Gasteiger charge is -2.11. The zero-order valence-corrected chi connectivity index (χ0v) is 9.80. The molecule has 1 saturated heterocycles. The number of hydrogen-bond acceptors (Lipinski definition) is 3. The summed E-state index contributed by atoms with van der Waals surface area (Å²) in [6, 6.07) is 6.91. The van der Waals surface area contributed by atoms with Crippen LogP contribution in [0, 0.1) is 0 Å². The molecule has 0 spiro atoms. The lowest BCUT2D eigenvalue weighted by Crippen LogP contribution is -2.13. The minimum atomic E-state index is -0.877. The van der Waals surface area contributed by atoms with Crippen molar-refractivity contribution in [3.05, 3.63) is 29.8 Å². The number of carboxylic acids is 1. The van der Waals surface area contributed by atoms with Crippen LogP contribution in [-0.2, 0) is 0 Å². The summed E-state index contributed by atoms with van der Waals surface area (Å²) in [5.74, 6) is 0.391. The van der Waals surface area contributed by atoms with Gasteiger partial charge >= 0.3 is 5.97 Å². The smallest absolute Gasteiger partial charge is 0.335 e. The van der Waals surface area contributed by atoms with Gasteiger partial charge in [-0.3, -0.25) is 0 Å². The van der Waals surface area contributed by atoms with Gasteiger partial charge in [-0.25, -0.2) is 4.79 Å². The number of rotatable bonds is 4. The minimum absolute atomic E-state index is 0.334. The van der Waals surface area contributed by atoms with Crippen LogP contribution < -0.4 is 5.32 Å². The molecular formula is C12H15NO2S. The molecule has 0 amide bonds. The van der Waals surface area contributed by atoms with Crippen molar-refractivity contribution < 1.29 is 9.90 Å². The molecule has 4 heteroatoms. The highest BCUT2D eigenvalue weighted by molar-refractivity contribution is 8.00. The number of carbonyl (C=O) groups is 1. The van der Waals surface area contributed by atoms with Crippen LogP contribution in [0.5, 0.6) is 0 Å². The first-order chi connectivity index (χ1) is 7.75. The van der Waals surface area contributed by atoms with E-state index in [1.54, 1.807) is 12.1 Å². The second-order valence-corrected chi connectivity index (χ2v) is 5.31. The highest BCUT2D eigenvalue weighted by Gasteiger charge is 2.14. The third-order valence-corrected chi connectivity index (χ3v) is 4.09. The Morgan fingerprint density at radius 3 is 2.75 bits per heavy atom. The van der Waals surface area contributed by atoms with Crippen LogP contribution >= 0.6 is 11.8 Å². The van der Waals surface area contributed by atoms with Gasteiger partial charge in [-0.2, -0.15) is 11.8 Å². The molecule has 0 bridgehead atoms. The number of carboxylic acid groups (broad SMARTS) is 1. The number of thioether (sulfide) groups is 1. The van der Waals surface area contributed by atoms with E-state index in [0.29, 0.717) is 10.8 Å². The normalized spacial score (nSPS) is 19.6. The molecule has 0 saturated carbocycles. The predicted molar refractivity (Wildman–Crippen MR) is 67.4 cm³/mol. The minimum Gasteiger partial charge on any atom is -0.478 e. The van der Waals surface area contributed by atoms with Gasteiger partial charge in [0.25, 0.3) is 0 Å². The van der Waals surface area contributed by atoms with Crippen molar-refractivity contribution in [3.8, 4) is 0 Å². The largest absolute Gasteiger partial charge is 0.478 e. The Morgan fingerprint density at radius 2 is 2.19 bits per heavy atom. The van der Waals surface area contributed by atoms with Crippen LogP contribution in [0.15, 0.2) is 24.3 Å². The fraction of sp³-hybridized carbons (Fsp3) is 0.417. The van der Waals surface area contributed by atoms with Crippen molar-refractivity contribution in [3.63, 3.8) is 0 Å².